The highest BCUT2D eigenvalue weighted by molar-refractivity contribution is 5.77. The lowest BCUT2D eigenvalue weighted by Gasteiger charge is -2.42. The minimum atomic E-state index is -1.46. The molecule has 1 fully saturated rings. The maximum atomic E-state index is 11.9. The quantitative estimate of drug-likeness (QED) is 0.148. The number of aliphatic hydroxyl groups excluding tert-OH is 3. The molecule has 5 unspecified atom stereocenters. The average molecular weight is 438 g/mol. The molecule has 0 radical (unpaired) electrons. The predicted octanol–water partition coefficient (Wildman–Crippen LogP) is -3.43. The molecule has 0 aromatic rings. The first-order chi connectivity index (χ1) is 14.3. The lowest BCUT2D eigenvalue weighted by Crippen LogP contribution is -2.64. The number of carbonyl (C=O) groups excluding carboxylic acids is 2. The van der Waals surface area contributed by atoms with Gasteiger partial charge >= 0.3 is 5.97 Å². The molecular formula is C17H30N2O11. The molecule has 0 aliphatic carbocycles. The fourth-order valence-electron chi connectivity index (χ4n) is 2.57. The van der Waals surface area contributed by atoms with Gasteiger partial charge in [-0.2, -0.15) is 0 Å². The van der Waals surface area contributed by atoms with Crippen LogP contribution >= 0.6 is 0 Å². The van der Waals surface area contributed by atoms with Crippen molar-refractivity contribution < 1.29 is 53.8 Å². The predicted molar refractivity (Wildman–Crippen MR) is 98.2 cm³/mol. The molecule has 1 saturated heterocycles. The van der Waals surface area contributed by atoms with Crippen LogP contribution in [0.1, 0.15) is 13.3 Å². The lowest BCUT2D eigenvalue weighted by atomic mass is 9.97. The molecule has 2 amide bonds. The SMILES string of the molecule is CC(=O)NC1C(OCC(=O)NCCOCCOCCC(=O)O)OC(CO)C(O)C1O. The van der Waals surface area contributed by atoms with E-state index in [0.717, 1.165) is 0 Å². The van der Waals surface area contributed by atoms with Crippen molar-refractivity contribution in [2.45, 2.75) is 44.0 Å². The number of aliphatic hydroxyl groups is 3. The second kappa shape index (κ2) is 14.2. The van der Waals surface area contributed by atoms with Crippen molar-refractivity contribution >= 4 is 17.8 Å². The molecule has 1 rings (SSSR count). The zero-order chi connectivity index (χ0) is 22.5. The minimum Gasteiger partial charge on any atom is -0.481 e. The lowest BCUT2D eigenvalue weighted by molar-refractivity contribution is -0.268. The highest BCUT2D eigenvalue weighted by Gasteiger charge is 2.45. The standard InChI is InChI=1S/C17H30N2O11/c1-10(21)19-14-16(26)15(25)11(8-20)30-17(14)29-9-12(22)18-3-5-28-7-6-27-4-2-13(23)24/h11,14-17,20,25-26H,2-9H2,1H3,(H,18,22)(H,19,21)(H,23,24). The Labute approximate surface area is 173 Å². The van der Waals surface area contributed by atoms with Crippen molar-refractivity contribution in [1.29, 1.82) is 0 Å². The Kier molecular flexibility index (Phi) is 12.4. The Morgan fingerprint density at radius 2 is 1.70 bits per heavy atom. The van der Waals surface area contributed by atoms with E-state index >= 15 is 0 Å². The van der Waals surface area contributed by atoms with E-state index in [4.69, 9.17) is 24.1 Å². The molecule has 1 aliphatic heterocycles. The smallest absolute Gasteiger partial charge is 0.305 e. The van der Waals surface area contributed by atoms with Gasteiger partial charge in [0.1, 0.15) is 31.0 Å². The Bertz CT molecular complexity index is 548. The van der Waals surface area contributed by atoms with Crippen LogP contribution in [0.3, 0.4) is 0 Å². The number of carboxylic acid groups (broad SMARTS) is 1. The summed E-state index contributed by atoms with van der Waals surface area (Å²) in [4.78, 5) is 33.5. The number of hydrogen-bond donors (Lipinski definition) is 6. The third kappa shape index (κ3) is 9.75. The number of rotatable bonds is 14. The molecule has 1 heterocycles. The Balaban J connectivity index is 2.27. The summed E-state index contributed by atoms with van der Waals surface area (Å²) < 4.78 is 20.9. The highest BCUT2D eigenvalue weighted by Crippen LogP contribution is 2.22. The van der Waals surface area contributed by atoms with Gasteiger partial charge in [-0.3, -0.25) is 14.4 Å². The number of nitrogens with one attached hydrogen (secondary N) is 2. The van der Waals surface area contributed by atoms with Crippen LogP contribution in [-0.4, -0.2) is 115 Å². The Morgan fingerprint density at radius 1 is 1.03 bits per heavy atom. The van der Waals surface area contributed by atoms with E-state index in [9.17, 15) is 29.7 Å². The first kappa shape index (κ1) is 26.2. The molecule has 13 heteroatoms. The first-order valence-electron chi connectivity index (χ1n) is 9.41. The fraction of sp³-hybridized carbons (Fsp3) is 0.824. The van der Waals surface area contributed by atoms with Gasteiger partial charge in [-0.15, -0.1) is 0 Å². The van der Waals surface area contributed by atoms with Crippen LogP contribution in [0.15, 0.2) is 0 Å². The molecule has 174 valence electrons. The number of ether oxygens (including phenoxy) is 4. The third-order valence-corrected chi connectivity index (χ3v) is 4.03. The second-order valence-electron chi connectivity index (χ2n) is 6.46. The molecule has 1 aliphatic rings. The average Bonchev–Trinajstić information content (AvgIpc) is 2.69. The maximum absolute atomic E-state index is 11.9. The third-order valence-electron chi connectivity index (χ3n) is 4.03. The zero-order valence-corrected chi connectivity index (χ0v) is 16.7. The Morgan fingerprint density at radius 3 is 2.30 bits per heavy atom. The van der Waals surface area contributed by atoms with Gasteiger partial charge < -0.3 is 50.0 Å². The van der Waals surface area contributed by atoms with Gasteiger partial charge in [0.05, 0.1) is 39.5 Å². The van der Waals surface area contributed by atoms with Crippen LogP contribution in [0.5, 0.6) is 0 Å². The summed E-state index contributed by atoms with van der Waals surface area (Å²) in [6.45, 7) is 1.10. The second-order valence-corrected chi connectivity index (χ2v) is 6.46. The summed E-state index contributed by atoms with van der Waals surface area (Å²) in [5.41, 5.74) is 0. The molecule has 30 heavy (non-hydrogen) atoms. The van der Waals surface area contributed by atoms with Crippen LogP contribution in [0.4, 0.5) is 0 Å². The van der Waals surface area contributed by atoms with Crippen molar-refractivity contribution in [3.8, 4) is 0 Å². The molecule has 0 spiro atoms. The maximum Gasteiger partial charge on any atom is 0.305 e. The summed E-state index contributed by atoms with van der Waals surface area (Å²) in [5, 5.41) is 42.6. The van der Waals surface area contributed by atoms with E-state index in [1.807, 2.05) is 0 Å². The topological polar surface area (TPSA) is 193 Å². The van der Waals surface area contributed by atoms with E-state index in [1.54, 1.807) is 0 Å². The summed E-state index contributed by atoms with van der Waals surface area (Å²) in [7, 11) is 0. The Hall–Kier alpha value is -1.87. The van der Waals surface area contributed by atoms with Crippen molar-refractivity contribution in [3.63, 3.8) is 0 Å². The van der Waals surface area contributed by atoms with E-state index in [-0.39, 0.29) is 39.4 Å². The van der Waals surface area contributed by atoms with Crippen LogP contribution in [0, 0.1) is 0 Å². The molecule has 0 aromatic heterocycles. The first-order valence-corrected chi connectivity index (χ1v) is 9.41. The van der Waals surface area contributed by atoms with Crippen molar-refractivity contribution in [2.24, 2.45) is 0 Å². The zero-order valence-electron chi connectivity index (χ0n) is 16.7. The van der Waals surface area contributed by atoms with Gasteiger partial charge in [-0.1, -0.05) is 0 Å². The minimum absolute atomic E-state index is 0.0847. The van der Waals surface area contributed by atoms with Gasteiger partial charge in [-0.25, -0.2) is 0 Å². The molecule has 0 saturated carbocycles. The molecule has 0 bridgehead atoms. The van der Waals surface area contributed by atoms with Crippen molar-refractivity contribution in [1.82, 2.24) is 10.6 Å². The van der Waals surface area contributed by atoms with Gasteiger partial charge in [-0.05, 0) is 0 Å². The molecule has 13 nitrogen and oxygen atoms in total. The number of aliphatic carboxylic acids is 1. The number of hydrogen-bond acceptors (Lipinski definition) is 10. The van der Waals surface area contributed by atoms with Crippen LogP contribution in [-0.2, 0) is 33.3 Å². The van der Waals surface area contributed by atoms with Crippen molar-refractivity contribution in [2.75, 3.05) is 46.2 Å². The normalized spacial score (nSPS) is 26.2. The van der Waals surface area contributed by atoms with E-state index < -0.39 is 61.6 Å². The summed E-state index contributed by atoms with van der Waals surface area (Å²) in [6.07, 6.45) is -5.37. The largest absolute Gasteiger partial charge is 0.481 e. The van der Waals surface area contributed by atoms with E-state index in [1.165, 1.54) is 6.92 Å². The van der Waals surface area contributed by atoms with Gasteiger partial charge in [0.15, 0.2) is 6.29 Å². The molecule has 6 N–H and O–H groups in total. The summed E-state index contributed by atoms with van der Waals surface area (Å²) in [5.74, 6) is -1.96. The van der Waals surface area contributed by atoms with Gasteiger partial charge in [0.25, 0.3) is 0 Å². The summed E-state index contributed by atoms with van der Waals surface area (Å²) >= 11 is 0. The summed E-state index contributed by atoms with van der Waals surface area (Å²) in [6, 6.07) is -1.13. The van der Waals surface area contributed by atoms with E-state index in [2.05, 4.69) is 10.6 Å². The number of carboxylic acids is 1. The molecular weight excluding hydrogens is 408 g/mol. The highest BCUT2D eigenvalue weighted by atomic mass is 16.7. The monoisotopic (exact) mass is 438 g/mol. The number of amides is 2. The molecule has 0 aromatic carbocycles. The van der Waals surface area contributed by atoms with Crippen LogP contribution in [0.2, 0.25) is 0 Å². The number of carbonyl (C=O) groups is 3. The van der Waals surface area contributed by atoms with Gasteiger partial charge in [0, 0.05) is 13.5 Å². The fourth-order valence-corrected chi connectivity index (χ4v) is 2.57. The van der Waals surface area contributed by atoms with Crippen LogP contribution in [0.25, 0.3) is 0 Å². The van der Waals surface area contributed by atoms with Crippen molar-refractivity contribution in [3.05, 3.63) is 0 Å². The van der Waals surface area contributed by atoms with Crippen LogP contribution < -0.4 is 10.6 Å². The molecule has 5 atom stereocenters. The van der Waals surface area contributed by atoms with Gasteiger partial charge in [0.2, 0.25) is 11.8 Å². The van der Waals surface area contributed by atoms with E-state index in [0.29, 0.717) is 0 Å².